The van der Waals surface area contributed by atoms with Crippen molar-refractivity contribution >= 4 is 17.7 Å². The van der Waals surface area contributed by atoms with Gasteiger partial charge >= 0.3 is 0 Å². The smallest absolute Gasteiger partial charge is 0.233 e. The van der Waals surface area contributed by atoms with Crippen LogP contribution in [0.3, 0.4) is 0 Å². The van der Waals surface area contributed by atoms with Crippen molar-refractivity contribution in [2.75, 3.05) is 12.3 Å². The third kappa shape index (κ3) is 2.88. The van der Waals surface area contributed by atoms with Crippen LogP contribution >= 0.6 is 11.8 Å². The maximum absolute atomic E-state index is 11.7. The van der Waals surface area contributed by atoms with Crippen LogP contribution < -0.4 is 5.32 Å². The number of carbonyl (C=O) groups is 1. The van der Waals surface area contributed by atoms with Crippen LogP contribution in [-0.2, 0) is 4.79 Å². The van der Waals surface area contributed by atoms with Crippen molar-refractivity contribution in [2.24, 2.45) is 0 Å². The Morgan fingerprint density at radius 1 is 1.40 bits per heavy atom. The van der Waals surface area contributed by atoms with Gasteiger partial charge in [-0.15, -0.1) is 11.8 Å². The highest BCUT2D eigenvalue weighted by atomic mass is 32.2. The first-order valence-electron chi connectivity index (χ1n) is 5.81. The molecule has 4 heteroatoms. The Morgan fingerprint density at radius 2 is 2.20 bits per heavy atom. The summed E-state index contributed by atoms with van der Waals surface area (Å²) >= 11 is 1.75. The third-order valence-electron chi connectivity index (χ3n) is 3.35. The van der Waals surface area contributed by atoms with Gasteiger partial charge in [-0.2, -0.15) is 0 Å². The van der Waals surface area contributed by atoms with Crippen LogP contribution in [0.1, 0.15) is 38.5 Å². The molecule has 2 rings (SSSR count). The molecule has 1 unspecified atom stereocenters. The molecule has 0 spiro atoms. The summed E-state index contributed by atoms with van der Waals surface area (Å²) in [7, 11) is 0. The number of amides is 1. The lowest BCUT2D eigenvalue weighted by Crippen LogP contribution is -2.49. The lowest BCUT2D eigenvalue weighted by Gasteiger charge is -2.37. The van der Waals surface area contributed by atoms with Crippen molar-refractivity contribution in [3.8, 4) is 0 Å². The van der Waals surface area contributed by atoms with Gasteiger partial charge in [0.25, 0.3) is 0 Å². The van der Waals surface area contributed by atoms with Gasteiger partial charge < -0.3 is 10.4 Å². The van der Waals surface area contributed by atoms with Gasteiger partial charge in [-0.25, -0.2) is 0 Å². The first kappa shape index (κ1) is 11.3. The summed E-state index contributed by atoms with van der Waals surface area (Å²) in [4.78, 5) is 11.7. The summed E-state index contributed by atoms with van der Waals surface area (Å²) < 4.78 is 0. The molecular formula is C11H19NO2S. The SMILES string of the molecule is O=C(NCC1(O)CCC1)C1CCCCS1. The topological polar surface area (TPSA) is 49.3 Å². The monoisotopic (exact) mass is 229 g/mol. The van der Waals surface area contributed by atoms with E-state index in [1.54, 1.807) is 11.8 Å². The van der Waals surface area contributed by atoms with Crippen LogP contribution in [0.2, 0.25) is 0 Å². The molecule has 3 nitrogen and oxygen atoms in total. The van der Waals surface area contributed by atoms with E-state index in [-0.39, 0.29) is 11.2 Å². The Kier molecular flexibility index (Phi) is 3.57. The van der Waals surface area contributed by atoms with E-state index in [1.807, 2.05) is 0 Å². The molecule has 1 saturated heterocycles. The molecule has 0 aromatic heterocycles. The van der Waals surface area contributed by atoms with Gasteiger partial charge in [-0.1, -0.05) is 6.42 Å². The van der Waals surface area contributed by atoms with E-state index in [9.17, 15) is 9.90 Å². The Morgan fingerprint density at radius 3 is 2.73 bits per heavy atom. The number of nitrogens with one attached hydrogen (secondary N) is 1. The van der Waals surface area contributed by atoms with Gasteiger partial charge in [0.1, 0.15) is 0 Å². The minimum atomic E-state index is -0.588. The molecule has 2 aliphatic rings. The number of hydrogen-bond acceptors (Lipinski definition) is 3. The molecule has 0 radical (unpaired) electrons. The van der Waals surface area contributed by atoms with Crippen molar-refractivity contribution in [1.82, 2.24) is 5.32 Å². The van der Waals surface area contributed by atoms with E-state index in [4.69, 9.17) is 0 Å². The Labute approximate surface area is 95.0 Å². The van der Waals surface area contributed by atoms with Crippen molar-refractivity contribution in [1.29, 1.82) is 0 Å². The molecule has 1 amide bonds. The second-order valence-corrected chi connectivity index (χ2v) is 5.96. The average molecular weight is 229 g/mol. The molecule has 86 valence electrons. The molecule has 1 atom stereocenters. The second-order valence-electron chi connectivity index (χ2n) is 4.65. The molecule has 0 bridgehead atoms. The highest BCUT2D eigenvalue weighted by molar-refractivity contribution is 8.00. The number of rotatable bonds is 3. The van der Waals surface area contributed by atoms with E-state index in [0.717, 1.165) is 37.9 Å². The van der Waals surface area contributed by atoms with Crippen LogP contribution in [0.15, 0.2) is 0 Å². The summed E-state index contributed by atoms with van der Waals surface area (Å²) in [5, 5.41) is 12.8. The molecular weight excluding hydrogens is 210 g/mol. The molecule has 2 fully saturated rings. The highest BCUT2D eigenvalue weighted by Gasteiger charge is 2.35. The second kappa shape index (κ2) is 4.74. The summed E-state index contributed by atoms with van der Waals surface area (Å²) in [6.45, 7) is 0.447. The summed E-state index contributed by atoms with van der Waals surface area (Å²) in [6.07, 6.45) is 6.16. The van der Waals surface area contributed by atoms with Crippen LogP contribution in [0.25, 0.3) is 0 Å². The fourth-order valence-corrected chi connectivity index (χ4v) is 3.30. The Bertz CT molecular complexity index is 235. The van der Waals surface area contributed by atoms with E-state index in [0.29, 0.717) is 6.54 Å². The maximum atomic E-state index is 11.7. The highest BCUT2D eigenvalue weighted by Crippen LogP contribution is 2.31. The number of hydrogen-bond donors (Lipinski definition) is 2. The van der Waals surface area contributed by atoms with Gasteiger partial charge in [0.2, 0.25) is 5.91 Å². The van der Waals surface area contributed by atoms with Crippen LogP contribution in [0.5, 0.6) is 0 Å². The largest absolute Gasteiger partial charge is 0.388 e. The van der Waals surface area contributed by atoms with Crippen LogP contribution in [0, 0.1) is 0 Å². The number of thioether (sulfide) groups is 1. The quantitative estimate of drug-likeness (QED) is 0.767. The summed E-state index contributed by atoms with van der Waals surface area (Å²) in [5.41, 5.74) is -0.588. The van der Waals surface area contributed by atoms with Gasteiger partial charge in [0, 0.05) is 6.54 Å². The normalized spacial score (nSPS) is 29.3. The molecule has 1 saturated carbocycles. The zero-order valence-electron chi connectivity index (χ0n) is 9.00. The zero-order chi connectivity index (χ0) is 10.7. The molecule has 0 aromatic carbocycles. The standard InChI is InChI=1S/C11H19NO2S/c13-10(9-4-1-2-7-15-9)12-8-11(14)5-3-6-11/h9,14H,1-8H2,(H,12,13). The first-order chi connectivity index (χ1) is 7.20. The van der Waals surface area contributed by atoms with Gasteiger partial charge in [-0.05, 0) is 37.9 Å². The summed E-state index contributed by atoms with van der Waals surface area (Å²) in [5.74, 6) is 1.22. The van der Waals surface area contributed by atoms with Crippen LogP contribution in [-0.4, -0.2) is 34.2 Å². The Balaban J connectivity index is 1.71. The van der Waals surface area contributed by atoms with E-state index in [2.05, 4.69) is 5.32 Å². The molecule has 1 aliphatic carbocycles. The minimum Gasteiger partial charge on any atom is -0.388 e. The fraction of sp³-hybridized carbons (Fsp3) is 0.909. The minimum absolute atomic E-state index is 0.125. The molecule has 1 aliphatic heterocycles. The maximum Gasteiger partial charge on any atom is 0.233 e. The lowest BCUT2D eigenvalue weighted by molar-refractivity contribution is -0.123. The predicted octanol–water partition coefficient (Wildman–Crippen LogP) is 1.30. The third-order valence-corrected chi connectivity index (χ3v) is 4.72. The van der Waals surface area contributed by atoms with E-state index in [1.165, 1.54) is 6.42 Å². The first-order valence-corrected chi connectivity index (χ1v) is 6.86. The van der Waals surface area contributed by atoms with E-state index >= 15 is 0 Å². The van der Waals surface area contributed by atoms with Crippen molar-refractivity contribution in [3.63, 3.8) is 0 Å². The average Bonchev–Trinajstić information content (AvgIpc) is 2.24. The number of carbonyl (C=O) groups excluding carboxylic acids is 1. The van der Waals surface area contributed by atoms with Crippen LogP contribution in [0.4, 0.5) is 0 Å². The molecule has 1 heterocycles. The van der Waals surface area contributed by atoms with E-state index < -0.39 is 5.60 Å². The van der Waals surface area contributed by atoms with Crippen molar-refractivity contribution in [2.45, 2.75) is 49.4 Å². The van der Waals surface area contributed by atoms with Gasteiger partial charge in [0.15, 0.2) is 0 Å². The lowest BCUT2D eigenvalue weighted by atomic mass is 9.80. The van der Waals surface area contributed by atoms with Gasteiger partial charge in [0.05, 0.1) is 10.9 Å². The summed E-state index contributed by atoms with van der Waals surface area (Å²) in [6, 6.07) is 0. The van der Waals surface area contributed by atoms with Crippen molar-refractivity contribution < 1.29 is 9.90 Å². The van der Waals surface area contributed by atoms with Gasteiger partial charge in [-0.3, -0.25) is 4.79 Å². The number of aliphatic hydroxyl groups is 1. The molecule has 15 heavy (non-hydrogen) atoms. The fourth-order valence-electron chi connectivity index (χ4n) is 2.07. The molecule has 0 aromatic rings. The zero-order valence-corrected chi connectivity index (χ0v) is 9.81. The predicted molar refractivity (Wildman–Crippen MR) is 61.9 cm³/mol. The Hall–Kier alpha value is -0.220. The van der Waals surface area contributed by atoms with Crippen molar-refractivity contribution in [3.05, 3.63) is 0 Å². The molecule has 2 N–H and O–H groups in total.